The summed E-state index contributed by atoms with van der Waals surface area (Å²) in [6.45, 7) is 4.65. The number of primary amides is 1. The van der Waals surface area contributed by atoms with E-state index in [0.29, 0.717) is 30.1 Å². The van der Waals surface area contributed by atoms with E-state index in [4.69, 9.17) is 11.5 Å². The van der Waals surface area contributed by atoms with E-state index >= 15 is 0 Å². The molecule has 0 heterocycles. The molecule has 1 amide bonds. The highest BCUT2D eigenvalue weighted by Gasteiger charge is 2.10. The second kappa shape index (κ2) is 13.3. The molecule has 0 aliphatic rings. The van der Waals surface area contributed by atoms with Gasteiger partial charge in [-0.15, -0.1) is 12.6 Å². The minimum Gasteiger partial charge on any atom is -0.469 e. The number of methoxy groups -OCH3 is 1. The maximum atomic E-state index is 11.6. The first-order valence-electron chi connectivity index (χ1n) is 9.67. The van der Waals surface area contributed by atoms with Crippen LogP contribution in [0.3, 0.4) is 0 Å². The minimum atomic E-state index is -0.449. The molecule has 0 aliphatic carbocycles. The number of anilines is 1. The third-order valence-electron chi connectivity index (χ3n) is 4.19. The van der Waals surface area contributed by atoms with Crippen LogP contribution in [0.15, 0.2) is 59.6 Å². The molecule has 0 atom stereocenters. The molecule has 2 aromatic carbocycles. The fourth-order valence-electron chi connectivity index (χ4n) is 2.48. The summed E-state index contributed by atoms with van der Waals surface area (Å²) in [5.41, 5.74) is 14.8. The Hall–Kier alpha value is -2.93. The zero-order valence-corrected chi connectivity index (χ0v) is 18.6. The van der Waals surface area contributed by atoms with Crippen LogP contribution in [0.25, 0.3) is 11.1 Å². The molecular formula is C23H31N3O3S. The van der Waals surface area contributed by atoms with Crippen molar-refractivity contribution in [1.29, 1.82) is 0 Å². The van der Waals surface area contributed by atoms with Gasteiger partial charge in [-0.25, -0.2) is 0 Å². The first kappa shape index (κ1) is 25.1. The first-order valence-corrected chi connectivity index (χ1v) is 10.2. The van der Waals surface area contributed by atoms with E-state index in [-0.39, 0.29) is 5.97 Å². The Bertz CT molecular complexity index is 852. The second-order valence-electron chi connectivity index (χ2n) is 7.06. The van der Waals surface area contributed by atoms with Crippen LogP contribution >= 0.6 is 12.6 Å². The first-order chi connectivity index (χ1) is 14.3. The van der Waals surface area contributed by atoms with Gasteiger partial charge in [-0.05, 0) is 47.1 Å². The summed E-state index contributed by atoms with van der Waals surface area (Å²) in [7, 11) is 1.42. The number of amides is 1. The molecule has 0 aliphatic heterocycles. The van der Waals surface area contributed by atoms with Crippen LogP contribution in [-0.2, 0) is 9.53 Å². The van der Waals surface area contributed by atoms with Crippen molar-refractivity contribution in [3.63, 3.8) is 0 Å². The fraction of sp³-hybridized carbons (Fsp3) is 0.304. The monoisotopic (exact) mass is 429 g/mol. The van der Waals surface area contributed by atoms with Gasteiger partial charge in [0.1, 0.15) is 0 Å². The molecule has 0 aromatic heterocycles. The maximum Gasteiger partial charge on any atom is 0.305 e. The van der Waals surface area contributed by atoms with Crippen molar-refractivity contribution in [3.05, 3.63) is 65.2 Å². The van der Waals surface area contributed by atoms with E-state index in [2.05, 4.69) is 36.5 Å². The number of carbonyl (C=O) groups excluding carboxylic acids is 2. The molecule has 0 spiro atoms. The summed E-state index contributed by atoms with van der Waals surface area (Å²) in [6.07, 6.45) is 1.47. The van der Waals surface area contributed by atoms with Crippen LogP contribution in [0.5, 0.6) is 0 Å². The van der Waals surface area contributed by atoms with Gasteiger partial charge in [0.25, 0.3) is 0 Å². The number of nitrogens with one attached hydrogen (secondary N) is 1. The van der Waals surface area contributed by atoms with Gasteiger partial charge < -0.3 is 21.5 Å². The molecule has 0 bridgehead atoms. The highest BCUT2D eigenvalue weighted by atomic mass is 32.1. The molecule has 5 N–H and O–H groups in total. The van der Waals surface area contributed by atoms with Gasteiger partial charge in [0, 0.05) is 23.4 Å². The second-order valence-corrected chi connectivity index (χ2v) is 7.32. The molecule has 0 fully saturated rings. The summed E-state index contributed by atoms with van der Waals surface area (Å²) < 4.78 is 4.46. The molecule has 7 heteroatoms. The topological polar surface area (TPSA) is 107 Å². The zero-order valence-electron chi connectivity index (χ0n) is 17.7. The van der Waals surface area contributed by atoms with Crippen LogP contribution in [0, 0.1) is 5.92 Å². The normalized spacial score (nSPS) is 10.8. The number of thiol groups is 1. The average Bonchev–Trinajstić information content (AvgIpc) is 2.76. The standard InChI is InChI=1S/C16H17N3OS.C7H14O2/c17-12(10-21)9-19-13-6-7-14(16(18)20)15(8-13)11-4-2-1-3-5-11;1-6(2)4-5-7(8)9-3/h1-8,10,19,21H,9,17H2,(H2,18,20);6H,4-5H2,1-3H3. The van der Waals surface area contributed by atoms with Crippen molar-refractivity contribution in [1.82, 2.24) is 0 Å². The SMILES string of the molecule is COC(=O)CCC(C)C.NC(=O)c1ccc(NCC(N)=CS)cc1-c1ccccc1. The number of ether oxygens (including phenoxy) is 1. The zero-order chi connectivity index (χ0) is 22.5. The number of esters is 1. The van der Waals surface area contributed by atoms with E-state index in [1.807, 2.05) is 36.4 Å². The largest absolute Gasteiger partial charge is 0.469 e. The third-order valence-corrected chi connectivity index (χ3v) is 4.52. The van der Waals surface area contributed by atoms with E-state index in [9.17, 15) is 9.59 Å². The van der Waals surface area contributed by atoms with Gasteiger partial charge in [0.15, 0.2) is 0 Å². The maximum absolute atomic E-state index is 11.6. The molecule has 0 saturated heterocycles. The quantitative estimate of drug-likeness (QED) is 0.372. The number of hydrogen-bond acceptors (Lipinski definition) is 6. The van der Waals surface area contributed by atoms with E-state index in [1.54, 1.807) is 17.5 Å². The number of rotatable bonds is 8. The Kier molecular flexibility index (Phi) is 11.1. The smallest absolute Gasteiger partial charge is 0.305 e. The minimum absolute atomic E-state index is 0.108. The summed E-state index contributed by atoms with van der Waals surface area (Å²) >= 11 is 3.99. The molecule has 30 heavy (non-hydrogen) atoms. The van der Waals surface area contributed by atoms with Crippen molar-refractivity contribution >= 4 is 30.2 Å². The average molecular weight is 430 g/mol. The summed E-state index contributed by atoms with van der Waals surface area (Å²) in [5.74, 6) is 0.0305. The Morgan fingerprint density at radius 3 is 2.33 bits per heavy atom. The van der Waals surface area contributed by atoms with Crippen molar-refractivity contribution in [2.75, 3.05) is 19.0 Å². The van der Waals surface area contributed by atoms with E-state index in [1.165, 1.54) is 7.11 Å². The van der Waals surface area contributed by atoms with Crippen molar-refractivity contribution in [2.45, 2.75) is 26.7 Å². The Labute approximate surface area is 184 Å². The van der Waals surface area contributed by atoms with Gasteiger partial charge in [-0.3, -0.25) is 9.59 Å². The van der Waals surface area contributed by atoms with E-state index in [0.717, 1.165) is 23.2 Å². The van der Waals surface area contributed by atoms with Gasteiger partial charge in [0.05, 0.1) is 13.7 Å². The number of carbonyl (C=O) groups is 2. The van der Waals surface area contributed by atoms with E-state index < -0.39 is 5.91 Å². The predicted molar refractivity (Wildman–Crippen MR) is 126 cm³/mol. The van der Waals surface area contributed by atoms with Crippen molar-refractivity contribution in [2.24, 2.45) is 17.4 Å². The van der Waals surface area contributed by atoms with Gasteiger partial charge in [-0.2, -0.15) is 0 Å². The Balaban J connectivity index is 0.000000424. The van der Waals surface area contributed by atoms with Crippen molar-refractivity contribution in [3.8, 4) is 11.1 Å². The molecule has 162 valence electrons. The Morgan fingerprint density at radius 2 is 1.80 bits per heavy atom. The fourth-order valence-corrected chi connectivity index (χ4v) is 2.58. The van der Waals surface area contributed by atoms with Crippen LogP contribution < -0.4 is 16.8 Å². The third kappa shape index (κ3) is 9.05. The lowest BCUT2D eigenvalue weighted by Gasteiger charge is -2.12. The van der Waals surface area contributed by atoms with Crippen LogP contribution in [0.4, 0.5) is 5.69 Å². The van der Waals surface area contributed by atoms with Crippen molar-refractivity contribution < 1.29 is 14.3 Å². The van der Waals surface area contributed by atoms with Crippen LogP contribution in [0.2, 0.25) is 0 Å². The molecule has 6 nitrogen and oxygen atoms in total. The van der Waals surface area contributed by atoms with Crippen LogP contribution in [-0.4, -0.2) is 25.5 Å². The lowest BCUT2D eigenvalue weighted by atomic mass is 9.98. The number of hydrogen-bond donors (Lipinski definition) is 4. The number of nitrogens with two attached hydrogens (primary N) is 2. The number of benzene rings is 2. The lowest BCUT2D eigenvalue weighted by molar-refractivity contribution is -0.140. The molecule has 0 radical (unpaired) electrons. The highest BCUT2D eigenvalue weighted by molar-refractivity contribution is 7.83. The summed E-state index contributed by atoms with van der Waals surface area (Å²) in [4.78, 5) is 22.1. The lowest BCUT2D eigenvalue weighted by Crippen LogP contribution is -2.14. The molecule has 0 unspecified atom stereocenters. The summed E-state index contributed by atoms with van der Waals surface area (Å²) in [6, 6.07) is 15.0. The van der Waals surface area contributed by atoms with Gasteiger partial charge >= 0.3 is 5.97 Å². The predicted octanol–water partition coefficient (Wildman–Crippen LogP) is 4.19. The Morgan fingerprint density at radius 1 is 1.13 bits per heavy atom. The summed E-state index contributed by atoms with van der Waals surface area (Å²) in [5, 5.41) is 4.72. The van der Waals surface area contributed by atoms with Crippen LogP contribution in [0.1, 0.15) is 37.0 Å². The van der Waals surface area contributed by atoms with Gasteiger partial charge in [-0.1, -0.05) is 44.2 Å². The molecule has 2 aromatic rings. The molecule has 2 rings (SSSR count). The molecular weight excluding hydrogens is 398 g/mol. The van der Waals surface area contributed by atoms with Gasteiger partial charge in [0.2, 0.25) is 5.91 Å². The highest BCUT2D eigenvalue weighted by Crippen LogP contribution is 2.26. The molecule has 0 saturated carbocycles.